The molecular weight excluding hydrogens is 150 g/mol. The molecule has 0 aliphatic rings. The summed E-state index contributed by atoms with van der Waals surface area (Å²) in [7, 11) is 0. The van der Waals surface area contributed by atoms with Gasteiger partial charge in [-0.3, -0.25) is 0 Å². The third-order valence-electron chi connectivity index (χ3n) is 0.707. The summed E-state index contributed by atoms with van der Waals surface area (Å²) >= 11 is 5.48. The SMILES string of the molecule is SCC#Cc1nccs1. The summed E-state index contributed by atoms with van der Waals surface area (Å²) in [5.41, 5.74) is 0. The summed E-state index contributed by atoms with van der Waals surface area (Å²) in [4.78, 5) is 3.96. The molecule has 9 heavy (non-hydrogen) atoms. The molecule has 1 aromatic heterocycles. The molecule has 0 amide bonds. The van der Waals surface area contributed by atoms with Gasteiger partial charge < -0.3 is 0 Å². The number of thiazole rings is 1. The maximum absolute atomic E-state index is 3.96. The van der Waals surface area contributed by atoms with Gasteiger partial charge in [-0.15, -0.1) is 11.3 Å². The molecule has 46 valence electrons. The van der Waals surface area contributed by atoms with Crippen molar-refractivity contribution in [3.63, 3.8) is 0 Å². The van der Waals surface area contributed by atoms with E-state index < -0.39 is 0 Å². The monoisotopic (exact) mass is 155 g/mol. The van der Waals surface area contributed by atoms with Crippen LogP contribution in [0.1, 0.15) is 5.01 Å². The Morgan fingerprint density at radius 3 is 3.22 bits per heavy atom. The van der Waals surface area contributed by atoms with Crippen molar-refractivity contribution in [2.45, 2.75) is 0 Å². The second-order valence-corrected chi connectivity index (χ2v) is 2.51. The molecule has 0 saturated carbocycles. The fourth-order valence-electron chi connectivity index (χ4n) is 0.400. The standard InChI is InChI=1S/C6H5NS2/c8-4-1-2-6-7-3-5-9-6/h3,5,8H,4H2. The first-order chi connectivity index (χ1) is 4.43. The van der Waals surface area contributed by atoms with E-state index in [4.69, 9.17) is 0 Å². The predicted molar refractivity (Wildman–Crippen MR) is 42.8 cm³/mol. The Labute approximate surface area is 63.5 Å². The number of hydrogen-bond acceptors (Lipinski definition) is 3. The fourth-order valence-corrected chi connectivity index (χ4v) is 0.983. The summed E-state index contributed by atoms with van der Waals surface area (Å²) in [6.07, 6.45) is 1.74. The van der Waals surface area contributed by atoms with Crippen LogP contribution in [0.5, 0.6) is 0 Å². The molecule has 3 heteroatoms. The molecule has 0 aliphatic heterocycles. The van der Waals surface area contributed by atoms with Crippen molar-refractivity contribution in [1.82, 2.24) is 4.98 Å². The highest BCUT2D eigenvalue weighted by molar-refractivity contribution is 7.80. The predicted octanol–water partition coefficient (Wildman–Crippen LogP) is 1.42. The van der Waals surface area contributed by atoms with Crippen LogP contribution in [0.2, 0.25) is 0 Å². The van der Waals surface area contributed by atoms with Gasteiger partial charge in [0.05, 0.1) is 5.75 Å². The van der Waals surface area contributed by atoms with Crippen molar-refractivity contribution < 1.29 is 0 Å². The Kier molecular flexibility index (Phi) is 2.62. The third-order valence-corrected chi connectivity index (χ3v) is 1.55. The molecule has 1 rings (SSSR count). The first kappa shape index (κ1) is 6.66. The Morgan fingerprint density at radius 2 is 2.67 bits per heavy atom. The molecule has 0 aliphatic carbocycles. The lowest BCUT2D eigenvalue weighted by Crippen LogP contribution is -1.67. The smallest absolute Gasteiger partial charge is 0.166 e. The van der Waals surface area contributed by atoms with Gasteiger partial charge in [-0.2, -0.15) is 12.6 Å². The van der Waals surface area contributed by atoms with E-state index in [-0.39, 0.29) is 0 Å². The minimum absolute atomic E-state index is 0.597. The van der Waals surface area contributed by atoms with E-state index >= 15 is 0 Å². The number of aromatic nitrogens is 1. The molecule has 0 N–H and O–H groups in total. The number of hydrogen-bond donors (Lipinski definition) is 1. The highest BCUT2D eigenvalue weighted by atomic mass is 32.1. The maximum atomic E-state index is 3.96. The van der Waals surface area contributed by atoms with Crippen molar-refractivity contribution >= 4 is 24.0 Å². The average molecular weight is 155 g/mol. The van der Waals surface area contributed by atoms with Crippen LogP contribution in [0, 0.1) is 11.8 Å². The van der Waals surface area contributed by atoms with Crippen LogP contribution in [0.15, 0.2) is 11.6 Å². The Morgan fingerprint density at radius 1 is 1.78 bits per heavy atom. The van der Waals surface area contributed by atoms with Gasteiger partial charge in [-0.1, -0.05) is 5.92 Å². The second kappa shape index (κ2) is 3.54. The fraction of sp³-hybridized carbons (Fsp3) is 0.167. The molecule has 0 atom stereocenters. The van der Waals surface area contributed by atoms with Gasteiger partial charge in [0.1, 0.15) is 0 Å². The Balaban J connectivity index is 2.67. The van der Waals surface area contributed by atoms with Gasteiger partial charge >= 0.3 is 0 Å². The van der Waals surface area contributed by atoms with Crippen molar-refractivity contribution in [1.29, 1.82) is 0 Å². The van der Waals surface area contributed by atoms with Crippen molar-refractivity contribution in [2.24, 2.45) is 0 Å². The molecule has 1 aromatic rings. The number of rotatable bonds is 0. The van der Waals surface area contributed by atoms with E-state index in [1.54, 1.807) is 17.5 Å². The lowest BCUT2D eigenvalue weighted by Gasteiger charge is -1.71. The minimum atomic E-state index is 0.597. The van der Waals surface area contributed by atoms with Gasteiger partial charge in [0.2, 0.25) is 0 Å². The molecule has 0 saturated heterocycles. The van der Waals surface area contributed by atoms with E-state index in [0.29, 0.717) is 5.75 Å². The molecule has 0 spiro atoms. The summed E-state index contributed by atoms with van der Waals surface area (Å²) < 4.78 is 0. The Bertz CT molecular complexity index is 217. The molecule has 1 nitrogen and oxygen atoms in total. The van der Waals surface area contributed by atoms with E-state index in [2.05, 4.69) is 29.5 Å². The van der Waals surface area contributed by atoms with Crippen LogP contribution in [0.4, 0.5) is 0 Å². The summed E-state index contributed by atoms with van der Waals surface area (Å²) in [5.74, 6) is 6.26. The van der Waals surface area contributed by atoms with Crippen LogP contribution < -0.4 is 0 Å². The van der Waals surface area contributed by atoms with Gasteiger partial charge in [0, 0.05) is 11.6 Å². The minimum Gasteiger partial charge on any atom is -0.236 e. The molecule has 0 radical (unpaired) electrons. The highest BCUT2D eigenvalue weighted by Gasteiger charge is 1.83. The quantitative estimate of drug-likeness (QED) is 0.441. The zero-order chi connectivity index (χ0) is 6.53. The third kappa shape index (κ3) is 2.08. The van der Waals surface area contributed by atoms with E-state index in [0.717, 1.165) is 5.01 Å². The highest BCUT2D eigenvalue weighted by Crippen LogP contribution is 1.99. The van der Waals surface area contributed by atoms with Crippen LogP contribution in [0.3, 0.4) is 0 Å². The lowest BCUT2D eigenvalue weighted by molar-refractivity contribution is 1.39. The average Bonchev–Trinajstić information content (AvgIpc) is 2.34. The second-order valence-electron chi connectivity index (χ2n) is 1.30. The van der Waals surface area contributed by atoms with Crippen LogP contribution in [-0.4, -0.2) is 10.7 Å². The summed E-state index contributed by atoms with van der Waals surface area (Å²) in [5, 5.41) is 2.77. The van der Waals surface area contributed by atoms with E-state index in [9.17, 15) is 0 Å². The lowest BCUT2D eigenvalue weighted by atomic mass is 10.6. The molecule has 0 aromatic carbocycles. The first-order valence-electron chi connectivity index (χ1n) is 2.42. The molecular formula is C6H5NS2. The summed E-state index contributed by atoms with van der Waals surface area (Å²) in [6, 6.07) is 0. The van der Waals surface area contributed by atoms with Crippen molar-refractivity contribution in [2.75, 3.05) is 5.75 Å². The van der Waals surface area contributed by atoms with Gasteiger partial charge in [-0.05, 0) is 5.92 Å². The number of thiol groups is 1. The molecule has 0 unspecified atom stereocenters. The van der Waals surface area contributed by atoms with Gasteiger partial charge in [0.15, 0.2) is 5.01 Å². The largest absolute Gasteiger partial charge is 0.236 e. The maximum Gasteiger partial charge on any atom is 0.166 e. The van der Waals surface area contributed by atoms with Crippen molar-refractivity contribution in [3.8, 4) is 11.8 Å². The van der Waals surface area contributed by atoms with Crippen LogP contribution in [-0.2, 0) is 0 Å². The van der Waals surface area contributed by atoms with Crippen LogP contribution in [0.25, 0.3) is 0 Å². The normalized spacial score (nSPS) is 8.11. The topological polar surface area (TPSA) is 12.9 Å². The number of nitrogens with zero attached hydrogens (tertiary/aromatic N) is 1. The zero-order valence-corrected chi connectivity index (χ0v) is 6.38. The van der Waals surface area contributed by atoms with E-state index in [1.807, 2.05) is 5.38 Å². The van der Waals surface area contributed by atoms with Crippen LogP contribution >= 0.6 is 24.0 Å². The molecule has 1 heterocycles. The van der Waals surface area contributed by atoms with Gasteiger partial charge in [0.25, 0.3) is 0 Å². The first-order valence-corrected chi connectivity index (χ1v) is 3.94. The molecule has 0 fully saturated rings. The van der Waals surface area contributed by atoms with Gasteiger partial charge in [-0.25, -0.2) is 4.98 Å². The van der Waals surface area contributed by atoms with E-state index in [1.165, 1.54) is 0 Å². The summed E-state index contributed by atoms with van der Waals surface area (Å²) in [6.45, 7) is 0. The zero-order valence-electron chi connectivity index (χ0n) is 4.66. The van der Waals surface area contributed by atoms with Crippen molar-refractivity contribution in [3.05, 3.63) is 16.6 Å². The molecule has 0 bridgehead atoms. The Hall–Kier alpha value is -0.460.